The van der Waals surface area contributed by atoms with Crippen molar-refractivity contribution in [3.05, 3.63) is 70.9 Å². The number of benzene rings is 2. The molecule has 25 heavy (non-hydrogen) atoms. The minimum atomic E-state index is -4.36. The van der Waals surface area contributed by atoms with E-state index >= 15 is 0 Å². The topological polar surface area (TPSA) is 35.3 Å². The van der Waals surface area contributed by atoms with Gasteiger partial charge in [0.05, 0.1) is 5.56 Å². The van der Waals surface area contributed by atoms with Crippen molar-refractivity contribution in [3.8, 4) is 17.1 Å². The fourth-order valence-electron chi connectivity index (χ4n) is 2.44. The Hall–Kier alpha value is -2.76. The lowest BCUT2D eigenvalue weighted by molar-refractivity contribution is -0.137. The van der Waals surface area contributed by atoms with E-state index in [0.29, 0.717) is 17.0 Å². The number of aryl methyl sites for hydroxylation is 1. The standard InChI is InChI=1S/C19H16F3NO2/c1-12-4-3-5-16(10-12)24-11-17-13(2)18(25-23-17)14-6-8-15(9-7-14)19(20,21)22/h3-10H,11H2,1-2H3. The molecule has 3 rings (SSSR count). The van der Waals surface area contributed by atoms with Crippen LogP contribution in [0, 0.1) is 13.8 Å². The third-order valence-corrected chi connectivity index (χ3v) is 3.86. The zero-order valence-corrected chi connectivity index (χ0v) is 13.7. The van der Waals surface area contributed by atoms with Gasteiger partial charge in [0.1, 0.15) is 18.1 Å². The molecule has 3 nitrogen and oxygen atoms in total. The van der Waals surface area contributed by atoms with Gasteiger partial charge in [0.15, 0.2) is 5.76 Å². The maximum Gasteiger partial charge on any atom is 0.416 e. The fourth-order valence-corrected chi connectivity index (χ4v) is 2.44. The maximum absolute atomic E-state index is 12.6. The van der Waals surface area contributed by atoms with Crippen molar-refractivity contribution in [2.45, 2.75) is 26.6 Å². The molecule has 0 saturated carbocycles. The van der Waals surface area contributed by atoms with Gasteiger partial charge in [0, 0.05) is 11.1 Å². The van der Waals surface area contributed by atoms with Crippen LogP contribution in [0.2, 0.25) is 0 Å². The molecule has 0 saturated heterocycles. The van der Waals surface area contributed by atoms with E-state index < -0.39 is 11.7 Å². The molecule has 0 N–H and O–H groups in total. The number of nitrogens with zero attached hydrogens (tertiary/aromatic N) is 1. The largest absolute Gasteiger partial charge is 0.487 e. The summed E-state index contributed by atoms with van der Waals surface area (Å²) in [6, 6.07) is 12.4. The molecule has 0 aliphatic heterocycles. The summed E-state index contributed by atoms with van der Waals surface area (Å²) >= 11 is 0. The number of aromatic nitrogens is 1. The molecule has 6 heteroatoms. The summed E-state index contributed by atoms with van der Waals surface area (Å²) in [5.41, 5.74) is 2.28. The van der Waals surface area contributed by atoms with E-state index in [1.165, 1.54) is 12.1 Å². The smallest absolute Gasteiger partial charge is 0.416 e. The van der Waals surface area contributed by atoms with Crippen molar-refractivity contribution in [3.63, 3.8) is 0 Å². The van der Waals surface area contributed by atoms with Gasteiger partial charge in [-0.3, -0.25) is 0 Å². The predicted octanol–water partition coefficient (Wildman–Crippen LogP) is 5.56. The van der Waals surface area contributed by atoms with Gasteiger partial charge in [-0.05, 0) is 43.7 Å². The van der Waals surface area contributed by atoms with E-state index in [-0.39, 0.29) is 6.61 Å². The number of hydrogen-bond acceptors (Lipinski definition) is 3. The molecule has 2 aromatic carbocycles. The van der Waals surface area contributed by atoms with E-state index in [1.807, 2.05) is 31.2 Å². The van der Waals surface area contributed by atoms with Gasteiger partial charge in [-0.1, -0.05) is 29.4 Å². The Kier molecular flexibility index (Phi) is 4.53. The average molecular weight is 347 g/mol. The number of alkyl halides is 3. The van der Waals surface area contributed by atoms with Crippen molar-refractivity contribution in [2.24, 2.45) is 0 Å². The van der Waals surface area contributed by atoms with Gasteiger partial charge in [0.2, 0.25) is 0 Å². The van der Waals surface area contributed by atoms with Crippen LogP contribution in [0.1, 0.15) is 22.4 Å². The minimum Gasteiger partial charge on any atom is -0.487 e. The Morgan fingerprint density at radius 1 is 1.04 bits per heavy atom. The fraction of sp³-hybridized carbons (Fsp3) is 0.211. The van der Waals surface area contributed by atoms with Crippen LogP contribution in [-0.2, 0) is 12.8 Å². The highest BCUT2D eigenvalue weighted by Gasteiger charge is 2.30. The molecule has 0 bridgehead atoms. The molecule has 0 aliphatic rings. The normalized spacial score (nSPS) is 11.6. The van der Waals surface area contributed by atoms with E-state index in [1.54, 1.807) is 6.92 Å². The molecule has 0 fully saturated rings. The molecule has 3 aromatic rings. The van der Waals surface area contributed by atoms with Crippen LogP contribution in [0.15, 0.2) is 53.1 Å². The summed E-state index contributed by atoms with van der Waals surface area (Å²) in [6.07, 6.45) is -4.36. The maximum atomic E-state index is 12.6. The Balaban J connectivity index is 1.77. The Morgan fingerprint density at radius 2 is 1.76 bits per heavy atom. The highest BCUT2D eigenvalue weighted by atomic mass is 19.4. The summed E-state index contributed by atoms with van der Waals surface area (Å²) in [5, 5.41) is 3.98. The highest BCUT2D eigenvalue weighted by Crippen LogP contribution is 2.32. The van der Waals surface area contributed by atoms with Crippen molar-refractivity contribution in [1.29, 1.82) is 0 Å². The van der Waals surface area contributed by atoms with Gasteiger partial charge in [-0.2, -0.15) is 13.2 Å². The second-order valence-electron chi connectivity index (χ2n) is 5.76. The first-order valence-corrected chi connectivity index (χ1v) is 7.67. The van der Waals surface area contributed by atoms with Crippen LogP contribution in [0.3, 0.4) is 0 Å². The first-order valence-electron chi connectivity index (χ1n) is 7.67. The third-order valence-electron chi connectivity index (χ3n) is 3.86. The third kappa shape index (κ3) is 3.84. The molecule has 1 heterocycles. The lowest BCUT2D eigenvalue weighted by atomic mass is 10.1. The molecule has 130 valence electrons. The monoisotopic (exact) mass is 347 g/mol. The lowest BCUT2D eigenvalue weighted by Crippen LogP contribution is -2.04. The summed E-state index contributed by atoms with van der Waals surface area (Å²) in [5.74, 6) is 1.16. The number of hydrogen-bond donors (Lipinski definition) is 0. The molecule has 0 unspecified atom stereocenters. The van der Waals surface area contributed by atoms with Gasteiger partial charge >= 0.3 is 6.18 Å². The summed E-state index contributed by atoms with van der Waals surface area (Å²) in [7, 11) is 0. The van der Waals surface area contributed by atoms with E-state index in [4.69, 9.17) is 9.26 Å². The Labute approximate surface area is 143 Å². The lowest BCUT2D eigenvalue weighted by Gasteiger charge is -2.07. The van der Waals surface area contributed by atoms with E-state index in [0.717, 1.165) is 29.0 Å². The van der Waals surface area contributed by atoms with E-state index in [2.05, 4.69) is 5.16 Å². The van der Waals surface area contributed by atoms with Gasteiger partial charge in [-0.15, -0.1) is 0 Å². The first kappa shape index (κ1) is 17.1. The van der Waals surface area contributed by atoms with Crippen LogP contribution >= 0.6 is 0 Å². The average Bonchev–Trinajstić information content (AvgIpc) is 2.93. The van der Waals surface area contributed by atoms with Crippen LogP contribution < -0.4 is 4.74 Å². The van der Waals surface area contributed by atoms with Crippen LogP contribution in [0.25, 0.3) is 11.3 Å². The van der Waals surface area contributed by atoms with Crippen LogP contribution in [0.4, 0.5) is 13.2 Å². The molecule has 0 radical (unpaired) electrons. The van der Waals surface area contributed by atoms with Crippen LogP contribution in [-0.4, -0.2) is 5.16 Å². The molecule has 0 amide bonds. The van der Waals surface area contributed by atoms with E-state index in [9.17, 15) is 13.2 Å². The zero-order valence-electron chi connectivity index (χ0n) is 13.7. The number of ether oxygens (including phenoxy) is 1. The molecule has 0 atom stereocenters. The second kappa shape index (κ2) is 6.63. The molecule has 0 aliphatic carbocycles. The van der Waals surface area contributed by atoms with Crippen LogP contribution in [0.5, 0.6) is 5.75 Å². The van der Waals surface area contributed by atoms with Gasteiger partial charge in [-0.25, -0.2) is 0 Å². The zero-order chi connectivity index (χ0) is 18.0. The van der Waals surface area contributed by atoms with Crippen molar-refractivity contribution in [2.75, 3.05) is 0 Å². The minimum absolute atomic E-state index is 0.222. The number of rotatable bonds is 4. The first-order chi connectivity index (χ1) is 11.8. The number of halogens is 3. The SMILES string of the molecule is Cc1cccc(OCc2noc(-c3ccc(C(F)(F)F)cc3)c2C)c1. The van der Waals surface area contributed by atoms with Crippen molar-refractivity contribution >= 4 is 0 Å². The van der Waals surface area contributed by atoms with Gasteiger partial charge in [0.25, 0.3) is 0 Å². The highest BCUT2D eigenvalue weighted by molar-refractivity contribution is 5.62. The second-order valence-corrected chi connectivity index (χ2v) is 5.76. The molecular weight excluding hydrogens is 331 g/mol. The van der Waals surface area contributed by atoms with Gasteiger partial charge < -0.3 is 9.26 Å². The summed E-state index contributed by atoms with van der Waals surface area (Å²) < 4.78 is 48.9. The van der Waals surface area contributed by atoms with Crippen molar-refractivity contribution < 1.29 is 22.4 Å². The predicted molar refractivity (Wildman–Crippen MR) is 87.2 cm³/mol. The summed E-state index contributed by atoms with van der Waals surface area (Å²) in [6.45, 7) is 3.99. The molecular formula is C19H16F3NO2. The Morgan fingerprint density at radius 3 is 2.40 bits per heavy atom. The summed E-state index contributed by atoms with van der Waals surface area (Å²) in [4.78, 5) is 0. The molecule has 0 spiro atoms. The van der Waals surface area contributed by atoms with Crippen molar-refractivity contribution in [1.82, 2.24) is 5.16 Å². The Bertz CT molecular complexity index is 867. The molecule has 1 aromatic heterocycles. The quantitative estimate of drug-likeness (QED) is 0.620.